The normalized spacial score (nSPS) is 19.5. The predicted molar refractivity (Wildman–Crippen MR) is 104 cm³/mol. The molecule has 12 heteroatoms. The maximum atomic E-state index is 11.7. The smallest absolute Gasteiger partial charge is 0.273 e. The number of rotatable bonds is 5. The lowest BCUT2D eigenvalue weighted by atomic mass is 10.1. The number of carbonyl (C=O) groups excluding carboxylic acids is 1. The number of H-pyrrole nitrogens is 1. The van der Waals surface area contributed by atoms with Gasteiger partial charge in [0.2, 0.25) is 5.95 Å². The van der Waals surface area contributed by atoms with Crippen molar-refractivity contribution in [1.29, 1.82) is 0 Å². The third-order valence-corrected chi connectivity index (χ3v) is 4.70. The Balaban J connectivity index is 1.64. The molecule has 3 heterocycles. The second-order valence-electron chi connectivity index (χ2n) is 6.39. The summed E-state index contributed by atoms with van der Waals surface area (Å²) in [6, 6.07) is 3.21. The molecule has 11 nitrogen and oxygen atoms in total. The molecule has 1 aliphatic heterocycles. The second-order valence-corrected chi connectivity index (χ2v) is 6.80. The largest absolute Gasteiger partial charge is 0.380 e. The summed E-state index contributed by atoms with van der Waals surface area (Å²) in [7, 11) is 0. The Labute approximate surface area is 164 Å². The highest BCUT2D eigenvalue weighted by molar-refractivity contribution is 6.35. The van der Waals surface area contributed by atoms with E-state index >= 15 is 0 Å². The molecule has 146 valence electrons. The Morgan fingerprint density at radius 1 is 1.36 bits per heavy atom. The van der Waals surface area contributed by atoms with Crippen LogP contribution in [0, 0.1) is 0 Å². The summed E-state index contributed by atoms with van der Waals surface area (Å²) < 4.78 is 5.33. The highest BCUT2D eigenvalue weighted by atomic mass is 35.5. The standard InChI is InChI=1S/C16H18ClN9O2/c17-9-4-8(3-7-5-20-24-12(7)9)21-15-13(14(19)27)25-26-16(23-15)22-11-1-2-28-6-10(11)18/h3-5,10-11H,1-2,6,18H2,(H2,19,27)(H,20,24)(H2,21,22,23,26)/t10-,11+/m0/s1. The van der Waals surface area contributed by atoms with Crippen molar-refractivity contribution in [1.82, 2.24) is 25.4 Å². The van der Waals surface area contributed by atoms with E-state index in [2.05, 4.69) is 36.0 Å². The fourth-order valence-corrected chi connectivity index (χ4v) is 3.24. The Morgan fingerprint density at radius 2 is 2.21 bits per heavy atom. The summed E-state index contributed by atoms with van der Waals surface area (Å²) in [6.45, 7) is 1.03. The number of nitrogens with one attached hydrogen (secondary N) is 3. The van der Waals surface area contributed by atoms with Gasteiger partial charge >= 0.3 is 0 Å². The van der Waals surface area contributed by atoms with Crippen LogP contribution in [0.2, 0.25) is 5.02 Å². The van der Waals surface area contributed by atoms with Crippen LogP contribution in [0.5, 0.6) is 0 Å². The van der Waals surface area contributed by atoms with E-state index in [9.17, 15) is 4.79 Å². The molecule has 2 aromatic heterocycles. The van der Waals surface area contributed by atoms with Gasteiger partial charge in [0.1, 0.15) is 0 Å². The fraction of sp³-hybridized carbons (Fsp3) is 0.312. The lowest BCUT2D eigenvalue weighted by Crippen LogP contribution is -2.48. The molecule has 0 spiro atoms. The fourth-order valence-electron chi connectivity index (χ4n) is 2.97. The van der Waals surface area contributed by atoms with Gasteiger partial charge in [-0.1, -0.05) is 11.6 Å². The number of aromatic nitrogens is 5. The summed E-state index contributed by atoms with van der Waals surface area (Å²) in [6.07, 6.45) is 2.34. The van der Waals surface area contributed by atoms with Crippen molar-refractivity contribution in [3.05, 3.63) is 29.0 Å². The molecule has 0 radical (unpaired) electrons. The van der Waals surface area contributed by atoms with Gasteiger partial charge < -0.3 is 26.8 Å². The number of hydrogen-bond donors (Lipinski definition) is 5. The van der Waals surface area contributed by atoms with Gasteiger partial charge in [-0.25, -0.2) is 0 Å². The van der Waals surface area contributed by atoms with E-state index < -0.39 is 5.91 Å². The Bertz CT molecular complexity index is 1020. The summed E-state index contributed by atoms with van der Waals surface area (Å²) in [5.41, 5.74) is 12.7. The highest BCUT2D eigenvalue weighted by Gasteiger charge is 2.24. The summed E-state index contributed by atoms with van der Waals surface area (Å²) in [5.74, 6) is -0.373. The molecule has 1 aromatic carbocycles. The number of amides is 1. The van der Waals surface area contributed by atoms with E-state index in [4.69, 9.17) is 27.8 Å². The van der Waals surface area contributed by atoms with Crippen LogP contribution < -0.4 is 22.1 Å². The maximum Gasteiger partial charge on any atom is 0.273 e. The third-order valence-electron chi connectivity index (χ3n) is 4.40. The first-order valence-corrected chi connectivity index (χ1v) is 8.93. The van der Waals surface area contributed by atoms with Crippen LogP contribution in [-0.4, -0.2) is 56.6 Å². The van der Waals surface area contributed by atoms with E-state index in [1.54, 1.807) is 18.3 Å². The number of halogens is 1. The zero-order chi connectivity index (χ0) is 19.7. The van der Waals surface area contributed by atoms with Crippen molar-refractivity contribution in [2.24, 2.45) is 11.5 Å². The van der Waals surface area contributed by atoms with Crippen molar-refractivity contribution < 1.29 is 9.53 Å². The molecule has 0 bridgehead atoms. The van der Waals surface area contributed by atoms with Crippen LogP contribution >= 0.6 is 11.6 Å². The van der Waals surface area contributed by atoms with Crippen molar-refractivity contribution in [2.45, 2.75) is 18.5 Å². The summed E-state index contributed by atoms with van der Waals surface area (Å²) in [5, 5.41) is 22.0. The summed E-state index contributed by atoms with van der Waals surface area (Å²) >= 11 is 6.26. The average molecular weight is 404 g/mol. The first kappa shape index (κ1) is 18.3. The number of primary amides is 1. The highest BCUT2D eigenvalue weighted by Crippen LogP contribution is 2.28. The third kappa shape index (κ3) is 3.67. The Morgan fingerprint density at radius 3 is 3.00 bits per heavy atom. The van der Waals surface area contributed by atoms with E-state index in [-0.39, 0.29) is 29.5 Å². The molecule has 28 heavy (non-hydrogen) atoms. The lowest BCUT2D eigenvalue weighted by molar-refractivity contribution is 0.0751. The van der Waals surface area contributed by atoms with Crippen molar-refractivity contribution >= 4 is 45.9 Å². The molecule has 4 rings (SSSR count). The Kier molecular flexibility index (Phi) is 4.94. The number of fused-ring (bicyclic) bond motifs is 1. The van der Waals surface area contributed by atoms with Crippen LogP contribution in [0.25, 0.3) is 10.9 Å². The molecule has 1 amide bonds. The molecular formula is C16H18ClN9O2. The Hall–Kier alpha value is -3.02. The number of nitrogens with zero attached hydrogens (tertiary/aromatic N) is 4. The predicted octanol–water partition coefficient (Wildman–Crippen LogP) is 0.772. The number of hydrogen-bond acceptors (Lipinski definition) is 9. The zero-order valence-corrected chi connectivity index (χ0v) is 15.4. The molecule has 0 aliphatic carbocycles. The molecule has 1 saturated heterocycles. The first-order chi connectivity index (χ1) is 13.5. The summed E-state index contributed by atoms with van der Waals surface area (Å²) in [4.78, 5) is 16.1. The van der Waals surface area contributed by atoms with Gasteiger partial charge in [0.25, 0.3) is 5.91 Å². The number of aromatic amines is 1. The number of ether oxygens (including phenoxy) is 1. The minimum Gasteiger partial charge on any atom is -0.380 e. The molecule has 7 N–H and O–H groups in total. The van der Waals surface area contributed by atoms with Gasteiger partial charge in [-0.15, -0.1) is 10.2 Å². The van der Waals surface area contributed by atoms with Crippen molar-refractivity contribution in [2.75, 3.05) is 23.8 Å². The van der Waals surface area contributed by atoms with Crippen LogP contribution in [0.15, 0.2) is 18.3 Å². The SMILES string of the molecule is NC(=O)c1nnc(N[C@@H]2CCOC[C@@H]2N)nc1Nc1cc(Cl)c2[nH]ncc2c1. The van der Waals surface area contributed by atoms with Gasteiger partial charge in [-0.3, -0.25) is 9.89 Å². The van der Waals surface area contributed by atoms with Crippen LogP contribution in [-0.2, 0) is 4.74 Å². The van der Waals surface area contributed by atoms with E-state index in [0.29, 0.717) is 35.9 Å². The topological polar surface area (TPSA) is 170 Å². The van der Waals surface area contributed by atoms with Gasteiger partial charge in [-0.05, 0) is 18.6 Å². The van der Waals surface area contributed by atoms with E-state index in [1.165, 1.54) is 0 Å². The molecule has 0 saturated carbocycles. The maximum absolute atomic E-state index is 11.7. The molecule has 3 aromatic rings. The quantitative estimate of drug-likeness (QED) is 0.412. The molecule has 2 atom stereocenters. The van der Waals surface area contributed by atoms with Crippen molar-refractivity contribution in [3.8, 4) is 0 Å². The number of anilines is 3. The van der Waals surface area contributed by atoms with Gasteiger partial charge in [0.05, 0.1) is 23.3 Å². The first-order valence-electron chi connectivity index (χ1n) is 8.55. The molecule has 0 unspecified atom stereocenters. The van der Waals surface area contributed by atoms with Gasteiger partial charge in [-0.2, -0.15) is 10.1 Å². The molecule has 1 fully saturated rings. The van der Waals surface area contributed by atoms with Crippen molar-refractivity contribution in [3.63, 3.8) is 0 Å². The van der Waals surface area contributed by atoms with Crippen LogP contribution in [0.1, 0.15) is 16.9 Å². The van der Waals surface area contributed by atoms with Gasteiger partial charge in [0, 0.05) is 29.8 Å². The average Bonchev–Trinajstić information content (AvgIpc) is 3.13. The minimum atomic E-state index is -0.757. The zero-order valence-electron chi connectivity index (χ0n) is 14.6. The molecular weight excluding hydrogens is 386 g/mol. The number of benzene rings is 1. The molecule has 1 aliphatic rings. The monoisotopic (exact) mass is 403 g/mol. The number of nitrogens with two attached hydrogens (primary N) is 2. The number of carbonyl (C=O) groups is 1. The second kappa shape index (κ2) is 7.54. The minimum absolute atomic E-state index is 0.0699. The van der Waals surface area contributed by atoms with Gasteiger partial charge in [0.15, 0.2) is 11.5 Å². The van der Waals surface area contributed by atoms with Crippen LogP contribution in [0.4, 0.5) is 17.5 Å². The van der Waals surface area contributed by atoms with Crippen LogP contribution in [0.3, 0.4) is 0 Å². The van der Waals surface area contributed by atoms with E-state index in [0.717, 1.165) is 5.39 Å². The lowest BCUT2D eigenvalue weighted by Gasteiger charge is -2.29. The van der Waals surface area contributed by atoms with E-state index in [1.807, 2.05) is 0 Å².